The largest absolute Gasteiger partial charge is 0.395 e. The van der Waals surface area contributed by atoms with Crippen molar-refractivity contribution in [1.82, 2.24) is 15.0 Å². The number of hydrogen-bond donors (Lipinski definition) is 1. The van der Waals surface area contributed by atoms with Gasteiger partial charge in [-0.1, -0.05) is 23.7 Å². The maximum Gasteiger partial charge on any atom is 0.113 e. The van der Waals surface area contributed by atoms with Gasteiger partial charge in [0.15, 0.2) is 0 Å². The van der Waals surface area contributed by atoms with E-state index in [1.165, 1.54) is 0 Å². The molecule has 128 valence electrons. The number of nitrogens with zero attached hydrogens (tertiary/aromatic N) is 3. The Morgan fingerprint density at radius 2 is 1.33 bits per heavy atom. The van der Waals surface area contributed by atoms with Crippen molar-refractivity contribution in [3.8, 4) is 35.5 Å². The number of aliphatic hydroxyl groups excluding tert-OH is 1. The van der Waals surface area contributed by atoms with Gasteiger partial charge in [0.2, 0.25) is 0 Å². The molecule has 3 aromatic heterocycles. The Bertz CT molecular complexity index is 1070. The molecule has 0 aliphatic heterocycles. The third-order valence-electron chi connectivity index (χ3n) is 3.33. The molecule has 3 aromatic rings. The quantitative estimate of drug-likeness (QED) is 0.686. The maximum atomic E-state index is 8.71. The first-order chi connectivity index (χ1) is 13.3. The Hall–Kier alpha value is -3.91. The van der Waals surface area contributed by atoms with Gasteiger partial charge in [-0.2, -0.15) is 0 Å². The minimum Gasteiger partial charge on any atom is -0.395 e. The SMILES string of the molecule is OCCC#Cc1ccc(C#Cc2ccc(C#Cc3cccnc3)nc2)nc1. The molecule has 0 spiro atoms. The predicted molar refractivity (Wildman–Crippen MR) is 103 cm³/mol. The second-order valence-corrected chi connectivity index (χ2v) is 5.38. The molecule has 0 aliphatic rings. The molecule has 0 atom stereocenters. The average molecular weight is 349 g/mol. The predicted octanol–water partition coefficient (Wildman–Crippen LogP) is 2.41. The molecule has 4 heteroatoms. The summed E-state index contributed by atoms with van der Waals surface area (Å²) in [6, 6.07) is 11.1. The highest BCUT2D eigenvalue weighted by Gasteiger charge is 1.93. The summed E-state index contributed by atoms with van der Waals surface area (Å²) in [5.74, 6) is 17.8. The molecule has 3 rings (SSSR count). The Morgan fingerprint density at radius 3 is 1.85 bits per heavy atom. The van der Waals surface area contributed by atoms with Crippen molar-refractivity contribution in [3.63, 3.8) is 0 Å². The van der Waals surface area contributed by atoms with Gasteiger partial charge in [0.25, 0.3) is 0 Å². The second kappa shape index (κ2) is 9.54. The standard InChI is InChI=1S/C23H15N3O/c27-15-2-1-4-20-7-11-23(25-17-20)13-9-21-8-12-22(26-18-21)10-6-19-5-3-14-24-16-19/h3,5,7-8,11-12,14,16-18,27H,2,15H2. The smallest absolute Gasteiger partial charge is 0.113 e. The van der Waals surface area contributed by atoms with Gasteiger partial charge < -0.3 is 5.11 Å². The fourth-order valence-electron chi connectivity index (χ4n) is 2.01. The molecule has 27 heavy (non-hydrogen) atoms. The normalized spacial score (nSPS) is 9.07. The first kappa shape index (κ1) is 17.9. The van der Waals surface area contributed by atoms with E-state index in [2.05, 4.69) is 50.5 Å². The molecule has 0 amide bonds. The van der Waals surface area contributed by atoms with Gasteiger partial charge in [0.1, 0.15) is 11.4 Å². The molecular weight excluding hydrogens is 334 g/mol. The topological polar surface area (TPSA) is 58.9 Å². The van der Waals surface area contributed by atoms with Crippen LogP contribution in [-0.2, 0) is 0 Å². The average Bonchev–Trinajstić information content (AvgIpc) is 2.73. The van der Waals surface area contributed by atoms with Crippen LogP contribution in [0.3, 0.4) is 0 Å². The fraction of sp³-hybridized carbons (Fsp3) is 0.0870. The van der Waals surface area contributed by atoms with Gasteiger partial charge in [0.05, 0.1) is 6.61 Å². The monoisotopic (exact) mass is 349 g/mol. The van der Waals surface area contributed by atoms with Crippen LogP contribution in [0.15, 0.2) is 61.2 Å². The lowest BCUT2D eigenvalue weighted by molar-refractivity contribution is 0.305. The molecule has 1 N–H and O–H groups in total. The molecule has 0 saturated heterocycles. The van der Waals surface area contributed by atoms with Crippen LogP contribution >= 0.6 is 0 Å². The van der Waals surface area contributed by atoms with Crippen molar-refractivity contribution in [2.75, 3.05) is 6.61 Å². The maximum absolute atomic E-state index is 8.71. The summed E-state index contributed by atoms with van der Waals surface area (Å²) in [6.07, 6.45) is 7.24. The second-order valence-electron chi connectivity index (χ2n) is 5.38. The van der Waals surface area contributed by atoms with E-state index in [0.717, 1.165) is 16.7 Å². The zero-order valence-corrected chi connectivity index (χ0v) is 14.5. The molecule has 0 bridgehead atoms. The van der Waals surface area contributed by atoms with Gasteiger partial charge in [-0.3, -0.25) is 4.98 Å². The molecule has 0 fully saturated rings. The summed E-state index contributed by atoms with van der Waals surface area (Å²) in [5.41, 5.74) is 3.76. The van der Waals surface area contributed by atoms with Crippen LogP contribution in [0.5, 0.6) is 0 Å². The van der Waals surface area contributed by atoms with Crippen LogP contribution in [0.4, 0.5) is 0 Å². The van der Waals surface area contributed by atoms with Crippen molar-refractivity contribution in [3.05, 3.63) is 89.3 Å². The molecular formula is C23H15N3O. The lowest BCUT2D eigenvalue weighted by Gasteiger charge is -1.93. The van der Waals surface area contributed by atoms with Gasteiger partial charge >= 0.3 is 0 Å². The number of aromatic nitrogens is 3. The number of rotatable bonds is 1. The lowest BCUT2D eigenvalue weighted by atomic mass is 10.2. The minimum atomic E-state index is 0.0614. The van der Waals surface area contributed by atoms with Crippen molar-refractivity contribution < 1.29 is 5.11 Å². The van der Waals surface area contributed by atoms with E-state index in [1.807, 2.05) is 36.4 Å². The van der Waals surface area contributed by atoms with Gasteiger partial charge in [-0.25, -0.2) is 9.97 Å². The molecule has 0 radical (unpaired) electrons. The zero-order chi connectivity index (χ0) is 18.7. The van der Waals surface area contributed by atoms with Crippen LogP contribution in [-0.4, -0.2) is 26.7 Å². The molecule has 3 heterocycles. The summed E-state index contributed by atoms with van der Waals surface area (Å²) in [6.45, 7) is 0.0614. The summed E-state index contributed by atoms with van der Waals surface area (Å²) in [4.78, 5) is 12.6. The molecule has 0 aliphatic carbocycles. The third kappa shape index (κ3) is 5.83. The first-order valence-electron chi connectivity index (χ1n) is 8.29. The van der Waals surface area contributed by atoms with Crippen LogP contribution in [0.2, 0.25) is 0 Å². The van der Waals surface area contributed by atoms with Gasteiger partial charge in [-0.05, 0) is 48.2 Å². The first-order valence-corrected chi connectivity index (χ1v) is 8.29. The van der Waals surface area contributed by atoms with Crippen LogP contribution in [0.1, 0.15) is 34.5 Å². The highest BCUT2D eigenvalue weighted by molar-refractivity contribution is 5.43. The van der Waals surface area contributed by atoms with E-state index < -0.39 is 0 Å². The summed E-state index contributed by atoms with van der Waals surface area (Å²) >= 11 is 0. The molecule has 0 aromatic carbocycles. The van der Waals surface area contributed by atoms with Crippen molar-refractivity contribution in [2.45, 2.75) is 6.42 Å². The number of pyridine rings is 3. The van der Waals surface area contributed by atoms with E-state index in [-0.39, 0.29) is 6.61 Å². The van der Waals surface area contributed by atoms with Gasteiger partial charge in [-0.15, -0.1) is 0 Å². The number of aliphatic hydroxyl groups is 1. The molecule has 0 saturated carbocycles. The zero-order valence-electron chi connectivity index (χ0n) is 14.5. The minimum absolute atomic E-state index is 0.0614. The Morgan fingerprint density at radius 1 is 0.704 bits per heavy atom. The van der Waals surface area contributed by atoms with E-state index in [0.29, 0.717) is 17.8 Å². The van der Waals surface area contributed by atoms with Crippen molar-refractivity contribution >= 4 is 0 Å². The molecule has 4 nitrogen and oxygen atoms in total. The van der Waals surface area contributed by atoms with E-state index >= 15 is 0 Å². The molecule has 0 unspecified atom stereocenters. The van der Waals surface area contributed by atoms with Crippen LogP contribution < -0.4 is 0 Å². The van der Waals surface area contributed by atoms with Crippen LogP contribution in [0.25, 0.3) is 0 Å². The Kier molecular flexibility index (Phi) is 6.32. The lowest BCUT2D eigenvalue weighted by Crippen LogP contribution is -1.86. The summed E-state index contributed by atoms with van der Waals surface area (Å²) in [5, 5.41) is 8.71. The fourth-order valence-corrected chi connectivity index (χ4v) is 2.01. The highest BCUT2D eigenvalue weighted by atomic mass is 16.2. The number of hydrogen-bond acceptors (Lipinski definition) is 4. The highest BCUT2D eigenvalue weighted by Crippen LogP contribution is 2.01. The van der Waals surface area contributed by atoms with E-state index in [9.17, 15) is 0 Å². The summed E-state index contributed by atoms with van der Waals surface area (Å²) < 4.78 is 0. The Balaban J connectivity index is 1.66. The van der Waals surface area contributed by atoms with Crippen molar-refractivity contribution in [2.24, 2.45) is 0 Å². The van der Waals surface area contributed by atoms with Gasteiger partial charge in [0, 0.05) is 47.9 Å². The van der Waals surface area contributed by atoms with Crippen molar-refractivity contribution in [1.29, 1.82) is 0 Å². The summed E-state index contributed by atoms with van der Waals surface area (Å²) in [7, 11) is 0. The van der Waals surface area contributed by atoms with Crippen LogP contribution in [0, 0.1) is 35.5 Å². The van der Waals surface area contributed by atoms with E-state index in [1.54, 1.807) is 24.8 Å². The van der Waals surface area contributed by atoms with E-state index in [4.69, 9.17) is 5.11 Å². The third-order valence-corrected chi connectivity index (χ3v) is 3.33. The Labute approximate surface area is 158 Å².